The summed E-state index contributed by atoms with van der Waals surface area (Å²) in [6.07, 6.45) is 1.47. The Balaban J connectivity index is 2.24. The van der Waals surface area contributed by atoms with E-state index >= 15 is 0 Å². The van der Waals surface area contributed by atoms with E-state index < -0.39 is 16.1 Å². The first-order valence-corrected chi connectivity index (χ1v) is 11.2. The number of hydrogen-bond donors (Lipinski definition) is 1. The third-order valence-corrected chi connectivity index (χ3v) is 5.52. The van der Waals surface area contributed by atoms with Gasteiger partial charge >= 0.3 is 0 Å². The van der Waals surface area contributed by atoms with Gasteiger partial charge in [0, 0.05) is 12.1 Å². The Kier molecular flexibility index (Phi) is 7.45. The molecule has 2 aromatic carbocycles. The van der Waals surface area contributed by atoms with Gasteiger partial charge in [0.1, 0.15) is 11.8 Å². The molecule has 2 rings (SSSR count). The standard InChI is InChI=1S/C21H28N2O4S/c1-5-19(23(28(4,25)26)18-13-11-16(3)12-14-18)21(24)22-15-17-9-7-8-10-20(17)27-6-2/h7-14,19H,5-6,15H2,1-4H3,(H,22,24)/t19-/m1/s1. The number of rotatable bonds is 9. The number of sulfonamides is 1. The van der Waals surface area contributed by atoms with E-state index in [0.29, 0.717) is 24.5 Å². The lowest BCUT2D eigenvalue weighted by molar-refractivity contribution is -0.122. The second-order valence-electron chi connectivity index (χ2n) is 6.58. The highest BCUT2D eigenvalue weighted by Crippen LogP contribution is 2.23. The molecule has 0 unspecified atom stereocenters. The van der Waals surface area contributed by atoms with E-state index in [9.17, 15) is 13.2 Å². The fraction of sp³-hybridized carbons (Fsp3) is 0.381. The van der Waals surface area contributed by atoms with Crippen molar-refractivity contribution in [2.75, 3.05) is 17.2 Å². The minimum absolute atomic E-state index is 0.261. The maximum Gasteiger partial charge on any atom is 0.244 e. The van der Waals surface area contributed by atoms with Crippen molar-refractivity contribution in [3.05, 3.63) is 59.7 Å². The molecule has 152 valence electrons. The van der Waals surface area contributed by atoms with E-state index in [4.69, 9.17) is 4.74 Å². The van der Waals surface area contributed by atoms with Gasteiger partial charge in [0.25, 0.3) is 0 Å². The molecule has 6 nitrogen and oxygen atoms in total. The Morgan fingerprint density at radius 1 is 1.11 bits per heavy atom. The lowest BCUT2D eigenvalue weighted by Gasteiger charge is -2.30. The van der Waals surface area contributed by atoms with Gasteiger partial charge in [-0.3, -0.25) is 9.10 Å². The van der Waals surface area contributed by atoms with Crippen LogP contribution in [0.5, 0.6) is 5.75 Å². The third-order valence-electron chi connectivity index (χ3n) is 4.34. The second-order valence-corrected chi connectivity index (χ2v) is 8.44. The van der Waals surface area contributed by atoms with Crippen LogP contribution in [-0.2, 0) is 21.4 Å². The number of carbonyl (C=O) groups excluding carboxylic acids is 1. The van der Waals surface area contributed by atoms with Crippen molar-refractivity contribution < 1.29 is 17.9 Å². The molecule has 0 saturated heterocycles. The van der Waals surface area contributed by atoms with E-state index in [1.165, 1.54) is 4.31 Å². The van der Waals surface area contributed by atoms with Crippen molar-refractivity contribution in [3.63, 3.8) is 0 Å². The van der Waals surface area contributed by atoms with Crippen molar-refractivity contribution >= 4 is 21.6 Å². The van der Waals surface area contributed by atoms with E-state index in [1.807, 2.05) is 50.2 Å². The summed E-state index contributed by atoms with van der Waals surface area (Å²) in [5, 5.41) is 2.86. The zero-order valence-electron chi connectivity index (χ0n) is 16.8. The van der Waals surface area contributed by atoms with Gasteiger partial charge in [-0.25, -0.2) is 8.42 Å². The number of nitrogens with one attached hydrogen (secondary N) is 1. The summed E-state index contributed by atoms with van der Waals surface area (Å²) in [6.45, 7) is 6.40. The van der Waals surface area contributed by atoms with Crippen molar-refractivity contribution in [2.45, 2.75) is 39.8 Å². The minimum atomic E-state index is -3.64. The normalized spacial score (nSPS) is 12.3. The molecule has 0 fully saturated rings. The molecule has 0 aliphatic carbocycles. The van der Waals surface area contributed by atoms with Gasteiger partial charge in [-0.1, -0.05) is 42.8 Å². The van der Waals surface area contributed by atoms with Gasteiger partial charge in [0.2, 0.25) is 15.9 Å². The average molecular weight is 405 g/mol. The Morgan fingerprint density at radius 3 is 2.32 bits per heavy atom. The summed E-state index contributed by atoms with van der Waals surface area (Å²) >= 11 is 0. The maximum atomic E-state index is 12.9. The number of ether oxygens (including phenoxy) is 1. The smallest absolute Gasteiger partial charge is 0.244 e. The zero-order valence-corrected chi connectivity index (χ0v) is 17.6. The van der Waals surface area contributed by atoms with E-state index in [0.717, 1.165) is 17.4 Å². The van der Waals surface area contributed by atoms with Crippen LogP contribution < -0.4 is 14.4 Å². The summed E-state index contributed by atoms with van der Waals surface area (Å²) in [7, 11) is -3.64. The third kappa shape index (κ3) is 5.48. The van der Waals surface area contributed by atoms with Crippen LogP contribution in [-0.4, -0.2) is 33.2 Å². The molecule has 0 bridgehead atoms. The van der Waals surface area contributed by atoms with Gasteiger partial charge in [-0.2, -0.15) is 0 Å². The highest BCUT2D eigenvalue weighted by atomic mass is 32.2. The number of para-hydroxylation sites is 1. The monoisotopic (exact) mass is 404 g/mol. The first-order chi connectivity index (χ1) is 13.3. The fourth-order valence-corrected chi connectivity index (χ4v) is 4.21. The SMILES string of the molecule is CCOc1ccccc1CNC(=O)[C@@H](CC)N(c1ccc(C)cc1)S(C)(=O)=O. The molecule has 1 atom stereocenters. The molecule has 0 radical (unpaired) electrons. The van der Waals surface area contributed by atoms with Gasteiger partial charge in [-0.15, -0.1) is 0 Å². The number of nitrogens with zero attached hydrogens (tertiary/aromatic N) is 1. The van der Waals surface area contributed by atoms with E-state index in [1.54, 1.807) is 19.1 Å². The molecule has 0 aliphatic rings. The van der Waals surface area contributed by atoms with Crippen LogP contribution in [0.3, 0.4) is 0 Å². The lowest BCUT2D eigenvalue weighted by atomic mass is 10.1. The molecule has 1 amide bonds. The number of hydrogen-bond acceptors (Lipinski definition) is 4. The Hall–Kier alpha value is -2.54. The van der Waals surface area contributed by atoms with Crippen LogP contribution in [0.25, 0.3) is 0 Å². The summed E-state index contributed by atoms with van der Waals surface area (Å²) < 4.78 is 31.7. The van der Waals surface area contributed by atoms with Crippen molar-refractivity contribution in [2.24, 2.45) is 0 Å². The molecule has 0 heterocycles. The molecule has 2 aromatic rings. The first kappa shape index (κ1) is 21.8. The lowest BCUT2D eigenvalue weighted by Crippen LogP contribution is -2.49. The number of anilines is 1. The van der Waals surface area contributed by atoms with Gasteiger partial charge in [0.15, 0.2) is 0 Å². The molecule has 1 N–H and O–H groups in total. The molecule has 0 spiro atoms. The summed E-state index contributed by atoms with van der Waals surface area (Å²) in [4.78, 5) is 12.9. The molecule has 0 aliphatic heterocycles. The predicted molar refractivity (Wildman–Crippen MR) is 112 cm³/mol. The highest BCUT2D eigenvalue weighted by molar-refractivity contribution is 7.92. The van der Waals surface area contributed by atoms with Gasteiger partial charge in [-0.05, 0) is 38.5 Å². The second kappa shape index (κ2) is 9.59. The fourth-order valence-electron chi connectivity index (χ4n) is 3.00. The number of benzene rings is 2. The maximum absolute atomic E-state index is 12.9. The quantitative estimate of drug-likeness (QED) is 0.696. The Labute approximate surface area is 167 Å². The van der Waals surface area contributed by atoms with Crippen LogP contribution in [0.4, 0.5) is 5.69 Å². The van der Waals surface area contributed by atoms with Crippen LogP contribution in [0.2, 0.25) is 0 Å². The molecule has 0 aromatic heterocycles. The zero-order chi connectivity index (χ0) is 20.7. The summed E-state index contributed by atoms with van der Waals surface area (Å²) in [5.74, 6) is 0.358. The summed E-state index contributed by atoms with van der Waals surface area (Å²) in [6, 6.07) is 13.7. The largest absolute Gasteiger partial charge is 0.494 e. The van der Waals surface area contributed by atoms with E-state index in [-0.39, 0.29) is 12.5 Å². The van der Waals surface area contributed by atoms with Crippen LogP contribution >= 0.6 is 0 Å². The van der Waals surface area contributed by atoms with Crippen molar-refractivity contribution in [1.82, 2.24) is 5.32 Å². The molecule has 28 heavy (non-hydrogen) atoms. The van der Waals surface area contributed by atoms with Crippen LogP contribution in [0.1, 0.15) is 31.4 Å². The summed E-state index contributed by atoms with van der Waals surface area (Å²) in [5.41, 5.74) is 2.33. The molecular formula is C21H28N2O4S. The van der Waals surface area contributed by atoms with Crippen molar-refractivity contribution in [1.29, 1.82) is 0 Å². The average Bonchev–Trinajstić information content (AvgIpc) is 2.65. The van der Waals surface area contributed by atoms with Crippen LogP contribution in [0, 0.1) is 6.92 Å². The number of carbonyl (C=O) groups is 1. The van der Waals surface area contributed by atoms with Gasteiger partial charge in [0.05, 0.1) is 18.6 Å². The first-order valence-electron chi connectivity index (χ1n) is 9.32. The topological polar surface area (TPSA) is 75.7 Å². The molecule has 0 saturated carbocycles. The highest BCUT2D eigenvalue weighted by Gasteiger charge is 2.31. The van der Waals surface area contributed by atoms with Gasteiger partial charge < -0.3 is 10.1 Å². The van der Waals surface area contributed by atoms with E-state index in [2.05, 4.69) is 5.32 Å². The van der Waals surface area contributed by atoms with Crippen molar-refractivity contribution in [3.8, 4) is 5.75 Å². The Bertz CT molecular complexity index is 895. The number of amides is 1. The molecular weight excluding hydrogens is 376 g/mol. The number of aryl methyl sites for hydroxylation is 1. The Morgan fingerprint density at radius 2 is 1.75 bits per heavy atom. The molecule has 7 heteroatoms. The minimum Gasteiger partial charge on any atom is -0.494 e. The van der Waals surface area contributed by atoms with Crippen LogP contribution in [0.15, 0.2) is 48.5 Å². The predicted octanol–water partition coefficient (Wildman–Crippen LogP) is 3.25.